The van der Waals surface area contributed by atoms with Gasteiger partial charge < -0.3 is 5.73 Å². The van der Waals surface area contributed by atoms with E-state index in [0.29, 0.717) is 6.42 Å². The summed E-state index contributed by atoms with van der Waals surface area (Å²) in [6, 6.07) is -0.377. The number of nitrogens with zero attached hydrogens (tertiary/aromatic N) is 1. The summed E-state index contributed by atoms with van der Waals surface area (Å²) >= 11 is 4.84. The third kappa shape index (κ3) is 1.15. The maximum atomic E-state index is 11.7. The molecule has 1 heterocycles. The van der Waals surface area contributed by atoms with Gasteiger partial charge in [0.05, 0.1) is 22.9 Å². The Morgan fingerprint density at radius 3 is 2.43 bits per heavy atom. The van der Waals surface area contributed by atoms with Crippen LogP contribution < -0.4 is 5.73 Å². The third-order valence-corrected chi connectivity index (χ3v) is 3.20. The van der Waals surface area contributed by atoms with E-state index >= 15 is 0 Å². The van der Waals surface area contributed by atoms with Gasteiger partial charge in [0, 0.05) is 0 Å². The highest BCUT2D eigenvalue weighted by atomic mass is 32.1. The van der Waals surface area contributed by atoms with Crippen molar-refractivity contribution in [3.63, 3.8) is 0 Å². The summed E-state index contributed by atoms with van der Waals surface area (Å²) in [5, 5.41) is 0. The van der Waals surface area contributed by atoms with Crippen LogP contribution in [-0.2, 0) is 9.59 Å². The van der Waals surface area contributed by atoms with E-state index in [1.165, 1.54) is 4.90 Å². The molecular formula is C9H12N2O2S. The van der Waals surface area contributed by atoms with Crippen molar-refractivity contribution in [3.05, 3.63) is 0 Å². The molecule has 2 aliphatic rings. The van der Waals surface area contributed by atoms with Gasteiger partial charge in [0.15, 0.2) is 0 Å². The topological polar surface area (TPSA) is 63.4 Å². The van der Waals surface area contributed by atoms with Gasteiger partial charge in [-0.1, -0.05) is 19.1 Å². The molecule has 1 saturated carbocycles. The van der Waals surface area contributed by atoms with Crippen molar-refractivity contribution < 1.29 is 9.59 Å². The highest BCUT2D eigenvalue weighted by molar-refractivity contribution is 7.80. The number of carbonyl (C=O) groups is 2. The number of likely N-dealkylation sites (tertiary alicyclic amines) is 1. The van der Waals surface area contributed by atoms with E-state index in [0.717, 1.165) is 6.42 Å². The molecule has 0 spiro atoms. The Morgan fingerprint density at radius 2 is 2.07 bits per heavy atom. The number of hydrogen-bond acceptors (Lipinski definition) is 3. The van der Waals surface area contributed by atoms with Crippen LogP contribution in [0.2, 0.25) is 0 Å². The SMILES string of the molecule is CCC(C(N)=S)N1C(=O)C2CC2C1=O. The molecule has 3 atom stereocenters. The average molecular weight is 212 g/mol. The number of nitrogens with two attached hydrogens (primary N) is 1. The van der Waals surface area contributed by atoms with Crippen LogP contribution in [0, 0.1) is 11.8 Å². The van der Waals surface area contributed by atoms with Crippen molar-refractivity contribution in [2.45, 2.75) is 25.8 Å². The van der Waals surface area contributed by atoms with Crippen molar-refractivity contribution in [1.82, 2.24) is 4.90 Å². The fourth-order valence-corrected chi connectivity index (χ4v) is 2.30. The van der Waals surface area contributed by atoms with Gasteiger partial charge in [-0.3, -0.25) is 14.5 Å². The van der Waals surface area contributed by atoms with E-state index in [1.54, 1.807) is 0 Å². The fourth-order valence-electron chi connectivity index (χ4n) is 2.02. The number of thiocarbonyl (C=S) groups is 1. The Kier molecular flexibility index (Phi) is 2.06. The van der Waals surface area contributed by atoms with Crippen molar-refractivity contribution >= 4 is 29.0 Å². The molecule has 2 rings (SSSR count). The zero-order valence-electron chi connectivity index (χ0n) is 7.90. The zero-order chi connectivity index (χ0) is 10.5. The minimum atomic E-state index is -0.377. The summed E-state index contributed by atoms with van der Waals surface area (Å²) in [5.74, 6) is -0.295. The van der Waals surface area contributed by atoms with Crippen LogP contribution >= 0.6 is 12.2 Å². The highest BCUT2D eigenvalue weighted by Crippen LogP contribution is 2.47. The minimum Gasteiger partial charge on any atom is -0.392 e. The molecule has 0 aromatic heterocycles. The van der Waals surface area contributed by atoms with Gasteiger partial charge in [0.2, 0.25) is 11.8 Å². The van der Waals surface area contributed by atoms with Gasteiger partial charge >= 0.3 is 0 Å². The van der Waals surface area contributed by atoms with Crippen LogP contribution in [0.15, 0.2) is 0 Å². The number of piperidine rings is 1. The molecular weight excluding hydrogens is 200 g/mol. The second-order valence-corrected chi connectivity index (χ2v) is 4.29. The first-order valence-electron chi connectivity index (χ1n) is 4.74. The van der Waals surface area contributed by atoms with Gasteiger partial charge in [-0.25, -0.2) is 0 Å². The standard InChI is InChI=1S/C9H12N2O2S/c1-2-6(7(10)14)11-8(12)4-3-5(4)9(11)13/h4-6H,2-3H2,1H3,(H2,10,14). The average Bonchev–Trinajstić information content (AvgIpc) is 2.85. The molecule has 0 aromatic carbocycles. The van der Waals surface area contributed by atoms with Crippen LogP contribution in [-0.4, -0.2) is 27.7 Å². The molecule has 5 heteroatoms. The van der Waals surface area contributed by atoms with Crippen LogP contribution in [0.4, 0.5) is 0 Å². The Morgan fingerprint density at radius 1 is 1.57 bits per heavy atom. The van der Waals surface area contributed by atoms with Gasteiger partial charge in [0.25, 0.3) is 0 Å². The van der Waals surface area contributed by atoms with E-state index in [4.69, 9.17) is 18.0 Å². The summed E-state index contributed by atoms with van der Waals surface area (Å²) in [6.07, 6.45) is 1.33. The largest absolute Gasteiger partial charge is 0.392 e. The number of hydrogen-bond donors (Lipinski definition) is 1. The summed E-state index contributed by atoms with van der Waals surface area (Å²) in [7, 11) is 0. The second kappa shape index (κ2) is 3.02. The van der Waals surface area contributed by atoms with E-state index in [2.05, 4.69) is 0 Å². The summed E-state index contributed by atoms with van der Waals surface area (Å²) in [4.78, 5) is 24.8. The molecule has 1 saturated heterocycles. The van der Waals surface area contributed by atoms with Crippen LogP contribution in [0.3, 0.4) is 0 Å². The molecule has 14 heavy (non-hydrogen) atoms. The Labute approximate surface area is 87.4 Å². The van der Waals surface area contributed by atoms with Crippen molar-refractivity contribution in [3.8, 4) is 0 Å². The van der Waals surface area contributed by atoms with E-state index in [1.807, 2.05) is 6.92 Å². The van der Waals surface area contributed by atoms with Crippen LogP contribution in [0.25, 0.3) is 0 Å². The zero-order valence-corrected chi connectivity index (χ0v) is 8.71. The Balaban J connectivity index is 2.21. The molecule has 2 fully saturated rings. The number of amides is 2. The third-order valence-electron chi connectivity index (χ3n) is 2.93. The molecule has 0 radical (unpaired) electrons. The van der Waals surface area contributed by atoms with Gasteiger partial charge in [-0.2, -0.15) is 0 Å². The van der Waals surface area contributed by atoms with E-state index in [9.17, 15) is 9.59 Å². The molecule has 0 aromatic rings. The van der Waals surface area contributed by atoms with Gasteiger partial charge in [-0.15, -0.1) is 0 Å². The molecule has 1 aliphatic heterocycles. The quantitative estimate of drug-likeness (QED) is 0.530. The lowest BCUT2D eigenvalue weighted by Gasteiger charge is -2.25. The predicted molar refractivity (Wildman–Crippen MR) is 54.3 cm³/mol. The maximum absolute atomic E-state index is 11.7. The Hall–Kier alpha value is -0.970. The predicted octanol–water partition coefficient (Wildman–Crippen LogP) is 0.0560. The number of carbonyl (C=O) groups excluding carboxylic acids is 2. The lowest BCUT2D eigenvalue weighted by molar-refractivity contribution is -0.142. The molecule has 4 nitrogen and oxygen atoms in total. The fraction of sp³-hybridized carbons (Fsp3) is 0.667. The summed E-state index contributed by atoms with van der Waals surface area (Å²) < 4.78 is 0. The normalized spacial score (nSPS) is 31.6. The lowest BCUT2D eigenvalue weighted by atomic mass is 10.2. The van der Waals surface area contributed by atoms with Crippen molar-refractivity contribution in [2.24, 2.45) is 17.6 Å². The van der Waals surface area contributed by atoms with Gasteiger partial charge in [-0.05, 0) is 12.8 Å². The number of rotatable bonds is 3. The molecule has 1 aliphatic carbocycles. The minimum absolute atomic E-state index is 0.0640. The first kappa shape index (κ1) is 9.58. The lowest BCUT2D eigenvalue weighted by Crippen LogP contribution is -2.48. The molecule has 76 valence electrons. The number of imide groups is 1. The molecule has 2 N–H and O–H groups in total. The van der Waals surface area contributed by atoms with Crippen molar-refractivity contribution in [1.29, 1.82) is 0 Å². The maximum Gasteiger partial charge on any atom is 0.233 e. The first-order chi connectivity index (χ1) is 6.57. The summed E-state index contributed by atoms with van der Waals surface area (Å²) in [6.45, 7) is 1.87. The number of fused-ring (bicyclic) bond motifs is 1. The highest BCUT2D eigenvalue weighted by Gasteiger charge is 2.60. The van der Waals surface area contributed by atoms with E-state index < -0.39 is 0 Å². The molecule has 0 bridgehead atoms. The Bertz CT molecular complexity index is 309. The molecule has 2 amide bonds. The van der Waals surface area contributed by atoms with E-state index in [-0.39, 0.29) is 34.7 Å². The first-order valence-corrected chi connectivity index (χ1v) is 5.15. The molecule has 3 unspecified atom stereocenters. The van der Waals surface area contributed by atoms with Crippen LogP contribution in [0.1, 0.15) is 19.8 Å². The van der Waals surface area contributed by atoms with Gasteiger partial charge in [0.1, 0.15) is 0 Å². The second-order valence-electron chi connectivity index (χ2n) is 3.82. The monoisotopic (exact) mass is 212 g/mol. The smallest absolute Gasteiger partial charge is 0.233 e. The summed E-state index contributed by atoms with van der Waals surface area (Å²) in [5.41, 5.74) is 5.50. The van der Waals surface area contributed by atoms with Crippen LogP contribution in [0.5, 0.6) is 0 Å². The van der Waals surface area contributed by atoms with Crippen molar-refractivity contribution in [2.75, 3.05) is 0 Å².